The zero-order valence-corrected chi connectivity index (χ0v) is 24.4. The maximum Gasteiger partial charge on any atom is 0.220 e. The van der Waals surface area contributed by atoms with E-state index in [9.17, 15) is 22.0 Å². The molecule has 3 aliphatic rings. The second kappa shape index (κ2) is 9.69. The second-order valence-corrected chi connectivity index (χ2v) is 14.3. The van der Waals surface area contributed by atoms with Crippen molar-refractivity contribution in [1.82, 2.24) is 35.3 Å². The van der Waals surface area contributed by atoms with E-state index in [2.05, 4.69) is 39.4 Å². The highest BCUT2D eigenvalue weighted by Gasteiger charge is 2.65. The first-order valence-electron chi connectivity index (χ1n) is 14.2. The van der Waals surface area contributed by atoms with Gasteiger partial charge in [-0.3, -0.25) is 4.79 Å². The van der Waals surface area contributed by atoms with Crippen LogP contribution < -0.4 is 5.32 Å². The van der Waals surface area contributed by atoms with Crippen LogP contribution in [0.2, 0.25) is 0 Å². The predicted molar refractivity (Wildman–Crippen MR) is 152 cm³/mol. The van der Waals surface area contributed by atoms with Crippen LogP contribution in [0.25, 0.3) is 17.1 Å². The highest BCUT2D eigenvalue weighted by atomic mass is 32.2. The Morgan fingerprint density at radius 3 is 2.58 bits per heavy atom. The van der Waals surface area contributed by atoms with Gasteiger partial charge in [-0.05, 0) is 66.5 Å². The average Bonchev–Trinajstić information content (AvgIpc) is 3.69. The van der Waals surface area contributed by atoms with E-state index in [1.807, 2.05) is 12.1 Å². The van der Waals surface area contributed by atoms with Crippen LogP contribution in [0.15, 0.2) is 48.8 Å². The molecule has 0 radical (unpaired) electrons. The summed E-state index contributed by atoms with van der Waals surface area (Å²) in [6.07, 6.45) is 3.88. The number of nitrogens with one attached hydrogen (secondary N) is 1. The number of aromatic nitrogens is 6. The summed E-state index contributed by atoms with van der Waals surface area (Å²) in [6.45, 7) is 4.32. The Balaban J connectivity index is 1.21. The fraction of sp³-hybridized carbons (Fsp3) is 0.400. The monoisotopic (exact) mass is 605 g/mol. The van der Waals surface area contributed by atoms with Crippen LogP contribution in [-0.4, -0.2) is 56.1 Å². The van der Waals surface area contributed by atoms with E-state index in [0.717, 1.165) is 29.8 Å². The van der Waals surface area contributed by atoms with E-state index in [0.29, 0.717) is 18.7 Å². The van der Waals surface area contributed by atoms with Crippen LogP contribution in [0.4, 0.5) is 8.78 Å². The van der Waals surface area contributed by atoms with E-state index in [1.165, 1.54) is 29.2 Å². The number of sulfone groups is 1. The van der Waals surface area contributed by atoms with Crippen molar-refractivity contribution < 1.29 is 22.0 Å². The van der Waals surface area contributed by atoms with E-state index < -0.39 is 32.9 Å². The molecule has 222 valence electrons. The Morgan fingerprint density at radius 1 is 1.07 bits per heavy atom. The molecule has 2 bridgehead atoms. The molecule has 1 aliphatic heterocycles. The molecule has 43 heavy (non-hydrogen) atoms. The number of fused-ring (bicyclic) bond motifs is 5. The fourth-order valence-electron chi connectivity index (χ4n) is 7.38. The van der Waals surface area contributed by atoms with Gasteiger partial charge in [0.2, 0.25) is 5.91 Å². The molecule has 0 unspecified atom stereocenters. The molecule has 10 nitrogen and oxygen atoms in total. The fourth-order valence-corrected chi connectivity index (χ4v) is 8.89. The minimum atomic E-state index is -3.55. The van der Waals surface area contributed by atoms with Gasteiger partial charge in [-0.2, -0.15) is 5.10 Å². The van der Waals surface area contributed by atoms with Crippen molar-refractivity contribution >= 4 is 15.7 Å². The Bertz CT molecular complexity index is 1870. The number of benzene rings is 1. The molecule has 1 saturated heterocycles. The molecule has 1 N–H and O–H groups in total. The standard InChI is InChI=1S/C30H29F2N7O3S/c1-29(2)19-11-12-30(29,28-18(19)13-22(36-37-28)27-20(31)5-3-6-21(27)32)23-7-4-8-25(35-23)39-16-33-24(38-39)15-43(41,42)14-17-9-10-26(40)34-17/h3-8,13,16-17,19H,9-12,14-15H2,1-2H3,(H,34,40)/t17-,19+,30+/m1/s1. The lowest BCUT2D eigenvalue weighted by molar-refractivity contribution is -0.119. The average molecular weight is 606 g/mol. The van der Waals surface area contributed by atoms with Crippen molar-refractivity contribution in [2.75, 3.05) is 5.75 Å². The van der Waals surface area contributed by atoms with E-state index >= 15 is 0 Å². The van der Waals surface area contributed by atoms with Crippen molar-refractivity contribution in [2.45, 2.75) is 62.7 Å². The lowest BCUT2D eigenvalue weighted by atomic mass is 9.66. The molecule has 1 amide bonds. The van der Waals surface area contributed by atoms with Crippen LogP contribution in [-0.2, 0) is 25.8 Å². The van der Waals surface area contributed by atoms with Crippen molar-refractivity contribution in [2.24, 2.45) is 5.41 Å². The number of pyridine rings is 1. The van der Waals surface area contributed by atoms with Gasteiger partial charge in [0.1, 0.15) is 23.7 Å². The predicted octanol–water partition coefficient (Wildman–Crippen LogP) is 3.79. The van der Waals surface area contributed by atoms with Crippen LogP contribution in [0.3, 0.4) is 0 Å². The van der Waals surface area contributed by atoms with Gasteiger partial charge in [0.15, 0.2) is 21.5 Å². The van der Waals surface area contributed by atoms with Gasteiger partial charge in [-0.1, -0.05) is 26.0 Å². The third-order valence-corrected chi connectivity index (χ3v) is 11.0. The molecule has 1 saturated carbocycles. The summed E-state index contributed by atoms with van der Waals surface area (Å²) in [6, 6.07) is 10.7. The number of hydrogen-bond donors (Lipinski definition) is 1. The van der Waals surface area contributed by atoms with Crippen LogP contribution >= 0.6 is 0 Å². The second-order valence-electron chi connectivity index (χ2n) is 12.2. The molecule has 2 fully saturated rings. The zero-order chi connectivity index (χ0) is 30.1. The van der Waals surface area contributed by atoms with Gasteiger partial charge in [0.05, 0.1) is 33.8 Å². The van der Waals surface area contributed by atoms with Crippen LogP contribution in [0.5, 0.6) is 0 Å². The number of hydrogen-bond acceptors (Lipinski definition) is 8. The molecule has 1 aromatic carbocycles. The molecular weight excluding hydrogens is 576 g/mol. The summed E-state index contributed by atoms with van der Waals surface area (Å²) < 4.78 is 56.1. The van der Waals surface area contributed by atoms with E-state index in [4.69, 9.17) is 4.98 Å². The van der Waals surface area contributed by atoms with Crippen LogP contribution in [0.1, 0.15) is 68.2 Å². The quantitative estimate of drug-likeness (QED) is 0.337. The minimum Gasteiger partial charge on any atom is -0.352 e. The number of nitrogens with zero attached hydrogens (tertiary/aromatic N) is 6. The van der Waals surface area contributed by atoms with Crippen molar-refractivity contribution in [3.8, 4) is 17.1 Å². The third kappa shape index (κ3) is 4.35. The highest BCUT2D eigenvalue weighted by molar-refractivity contribution is 7.90. The largest absolute Gasteiger partial charge is 0.352 e. The van der Waals surface area contributed by atoms with Gasteiger partial charge in [0, 0.05) is 12.5 Å². The zero-order valence-electron chi connectivity index (χ0n) is 23.6. The van der Waals surface area contributed by atoms with Gasteiger partial charge < -0.3 is 5.32 Å². The minimum absolute atomic E-state index is 0.0878. The molecule has 0 spiro atoms. The Morgan fingerprint density at radius 2 is 1.84 bits per heavy atom. The van der Waals surface area contributed by atoms with Gasteiger partial charge in [-0.15, -0.1) is 10.2 Å². The molecule has 3 aromatic heterocycles. The molecular formula is C30H29F2N7O3S. The number of halogens is 2. The first kappa shape index (κ1) is 27.7. The van der Waals surface area contributed by atoms with Crippen molar-refractivity contribution in [3.05, 3.63) is 83.2 Å². The normalized spacial score (nSPS) is 23.9. The maximum atomic E-state index is 14.6. The van der Waals surface area contributed by atoms with Crippen LogP contribution in [0, 0.1) is 17.0 Å². The maximum absolute atomic E-state index is 14.6. The SMILES string of the molecule is CC1(C)[C@H]2CC[C@]1(c1cccc(-n3cnc(CS(=O)(=O)C[C@H]4CCC(=O)N4)n3)n1)c1nnc(-c3c(F)cccc3F)cc12. The first-order valence-corrected chi connectivity index (χ1v) is 16.0. The van der Waals surface area contributed by atoms with E-state index in [-0.39, 0.29) is 45.8 Å². The summed E-state index contributed by atoms with van der Waals surface area (Å²) in [4.78, 5) is 20.7. The van der Waals surface area contributed by atoms with E-state index in [1.54, 1.807) is 12.1 Å². The molecule has 7 rings (SSSR count). The Hall–Kier alpha value is -4.13. The Kier molecular flexibility index (Phi) is 6.24. The molecule has 4 aromatic rings. The number of rotatable bonds is 7. The number of carbonyl (C=O) groups excluding carboxylic acids is 1. The Labute approximate surface area is 246 Å². The summed E-state index contributed by atoms with van der Waals surface area (Å²) in [5.74, 6) is -1.33. The summed E-state index contributed by atoms with van der Waals surface area (Å²) >= 11 is 0. The lowest BCUT2D eigenvalue weighted by Gasteiger charge is -2.37. The summed E-state index contributed by atoms with van der Waals surface area (Å²) in [7, 11) is -3.55. The van der Waals surface area contributed by atoms with Crippen molar-refractivity contribution in [3.63, 3.8) is 0 Å². The van der Waals surface area contributed by atoms with Gasteiger partial charge >= 0.3 is 0 Å². The van der Waals surface area contributed by atoms with Gasteiger partial charge in [-0.25, -0.2) is 31.8 Å². The van der Waals surface area contributed by atoms with Gasteiger partial charge in [0.25, 0.3) is 0 Å². The van der Waals surface area contributed by atoms with Crippen molar-refractivity contribution in [1.29, 1.82) is 0 Å². The third-order valence-electron chi connectivity index (χ3n) is 9.44. The lowest BCUT2D eigenvalue weighted by Crippen LogP contribution is -2.38. The number of amides is 1. The smallest absolute Gasteiger partial charge is 0.220 e. The molecule has 2 aliphatic carbocycles. The number of carbonyl (C=O) groups is 1. The summed E-state index contributed by atoms with van der Waals surface area (Å²) in [5, 5.41) is 16.0. The molecule has 4 heterocycles. The molecule has 13 heteroatoms. The molecule has 3 atom stereocenters. The first-order chi connectivity index (χ1) is 20.5. The summed E-state index contributed by atoms with van der Waals surface area (Å²) in [5.41, 5.74) is 1.49. The topological polar surface area (TPSA) is 133 Å². The highest BCUT2D eigenvalue weighted by Crippen LogP contribution is 2.69.